The van der Waals surface area contributed by atoms with E-state index in [0.717, 1.165) is 49.5 Å². The monoisotopic (exact) mass is 398 g/mol. The van der Waals surface area contributed by atoms with Gasteiger partial charge in [0.2, 0.25) is 11.8 Å². The molecule has 8 nitrogen and oxygen atoms in total. The summed E-state index contributed by atoms with van der Waals surface area (Å²) in [5.41, 5.74) is 2.72. The van der Waals surface area contributed by atoms with Crippen LogP contribution < -0.4 is 10.6 Å². The third-order valence-electron chi connectivity index (χ3n) is 6.40. The number of imide groups is 1. The van der Waals surface area contributed by atoms with Gasteiger partial charge in [0.1, 0.15) is 6.04 Å². The number of hydrogen-bond donors (Lipinski definition) is 2. The van der Waals surface area contributed by atoms with E-state index in [1.54, 1.807) is 4.90 Å². The molecule has 0 spiro atoms. The van der Waals surface area contributed by atoms with Crippen molar-refractivity contribution in [1.29, 1.82) is 0 Å². The number of carbonyl (C=O) groups excluding carboxylic acids is 3. The molecular formula is C21H26N4O4. The summed E-state index contributed by atoms with van der Waals surface area (Å²) in [6, 6.07) is 5.73. The van der Waals surface area contributed by atoms with E-state index in [9.17, 15) is 14.4 Å². The van der Waals surface area contributed by atoms with Gasteiger partial charge in [-0.2, -0.15) is 0 Å². The molecule has 1 unspecified atom stereocenters. The van der Waals surface area contributed by atoms with Crippen molar-refractivity contribution in [2.75, 3.05) is 32.8 Å². The number of amides is 3. The predicted molar refractivity (Wildman–Crippen MR) is 104 cm³/mol. The van der Waals surface area contributed by atoms with Crippen LogP contribution in [-0.4, -0.2) is 72.5 Å². The Hall–Kier alpha value is -2.29. The standard InChI is InChI=1S/C21H26N4O4/c26-18-5-4-17(20(27)23-18)25-9-15-3-1-2-14(19(15)21(25)28)8-24-7-13-6-22-16(10-24)12-29-11-13/h1-3,13,16-17,22H,4-12H2,(H,23,26,27)/t13-,16-,17?/m1/s1. The fourth-order valence-corrected chi connectivity index (χ4v) is 5.01. The van der Waals surface area contributed by atoms with Crippen LogP contribution in [0.5, 0.6) is 0 Å². The molecule has 3 saturated heterocycles. The molecule has 3 fully saturated rings. The molecule has 4 aliphatic rings. The zero-order valence-corrected chi connectivity index (χ0v) is 16.4. The molecule has 0 radical (unpaired) electrons. The summed E-state index contributed by atoms with van der Waals surface area (Å²) in [5, 5.41) is 5.93. The highest BCUT2D eigenvalue weighted by molar-refractivity contribution is 6.05. The Bertz CT molecular complexity index is 843. The zero-order valence-electron chi connectivity index (χ0n) is 16.4. The molecule has 3 amide bonds. The minimum atomic E-state index is -0.570. The fourth-order valence-electron chi connectivity index (χ4n) is 5.01. The SMILES string of the molecule is O=C1CCC(N2Cc3cccc(CN4C[C@H]5CN[C@@H](COC5)C4)c3C2=O)C(=O)N1. The van der Waals surface area contributed by atoms with Gasteiger partial charge in [-0.05, 0) is 17.5 Å². The number of nitrogens with one attached hydrogen (secondary N) is 2. The topological polar surface area (TPSA) is 91.0 Å². The Morgan fingerprint density at radius 1 is 1.14 bits per heavy atom. The highest BCUT2D eigenvalue weighted by Crippen LogP contribution is 2.30. The smallest absolute Gasteiger partial charge is 0.255 e. The maximum absolute atomic E-state index is 13.3. The first-order valence-corrected chi connectivity index (χ1v) is 10.4. The van der Waals surface area contributed by atoms with Gasteiger partial charge in [0.05, 0.1) is 13.2 Å². The number of benzene rings is 1. The molecule has 8 heteroatoms. The lowest BCUT2D eigenvalue weighted by Crippen LogP contribution is -2.52. The Balaban J connectivity index is 1.36. The lowest BCUT2D eigenvalue weighted by molar-refractivity contribution is -0.136. The second-order valence-corrected chi connectivity index (χ2v) is 8.55. The van der Waals surface area contributed by atoms with E-state index in [4.69, 9.17) is 4.74 Å². The van der Waals surface area contributed by atoms with Crippen LogP contribution in [0.1, 0.15) is 34.3 Å². The summed E-state index contributed by atoms with van der Waals surface area (Å²) in [7, 11) is 0. The zero-order chi connectivity index (χ0) is 20.0. The van der Waals surface area contributed by atoms with E-state index in [1.807, 2.05) is 18.2 Å². The maximum Gasteiger partial charge on any atom is 0.255 e. The second kappa shape index (κ2) is 7.51. The number of ether oxygens (including phenoxy) is 1. The third-order valence-corrected chi connectivity index (χ3v) is 6.40. The lowest BCUT2D eigenvalue weighted by Gasteiger charge is -2.30. The second-order valence-electron chi connectivity index (χ2n) is 8.55. The first kappa shape index (κ1) is 18.7. The molecule has 0 saturated carbocycles. The first-order valence-electron chi connectivity index (χ1n) is 10.4. The van der Waals surface area contributed by atoms with E-state index >= 15 is 0 Å². The predicted octanol–water partition coefficient (Wildman–Crippen LogP) is -0.132. The van der Waals surface area contributed by atoms with Gasteiger partial charge in [0.15, 0.2) is 0 Å². The molecule has 29 heavy (non-hydrogen) atoms. The van der Waals surface area contributed by atoms with Crippen molar-refractivity contribution in [1.82, 2.24) is 20.4 Å². The summed E-state index contributed by atoms with van der Waals surface area (Å²) in [4.78, 5) is 41.1. The number of nitrogens with zero attached hydrogens (tertiary/aromatic N) is 2. The molecule has 2 N–H and O–H groups in total. The number of fused-ring (bicyclic) bond motifs is 4. The molecule has 2 bridgehead atoms. The minimum absolute atomic E-state index is 0.0958. The highest BCUT2D eigenvalue weighted by Gasteiger charge is 2.40. The minimum Gasteiger partial charge on any atom is -0.379 e. The molecule has 154 valence electrons. The van der Waals surface area contributed by atoms with Crippen molar-refractivity contribution < 1.29 is 19.1 Å². The van der Waals surface area contributed by atoms with Gasteiger partial charge in [0.25, 0.3) is 5.91 Å². The van der Waals surface area contributed by atoms with Crippen molar-refractivity contribution in [3.8, 4) is 0 Å². The van der Waals surface area contributed by atoms with E-state index in [-0.39, 0.29) is 24.1 Å². The Morgan fingerprint density at radius 3 is 2.90 bits per heavy atom. The van der Waals surface area contributed by atoms with Gasteiger partial charge in [0, 0.05) is 56.7 Å². The van der Waals surface area contributed by atoms with Crippen LogP contribution in [0.15, 0.2) is 18.2 Å². The number of rotatable bonds is 3. The van der Waals surface area contributed by atoms with Crippen molar-refractivity contribution >= 4 is 17.7 Å². The quantitative estimate of drug-likeness (QED) is 0.690. The van der Waals surface area contributed by atoms with Crippen LogP contribution in [0.3, 0.4) is 0 Å². The Kier molecular flexibility index (Phi) is 4.85. The Labute approximate surface area is 169 Å². The molecule has 1 aromatic carbocycles. The first-order chi connectivity index (χ1) is 14.1. The maximum atomic E-state index is 13.3. The van der Waals surface area contributed by atoms with Gasteiger partial charge in [-0.1, -0.05) is 18.2 Å². The van der Waals surface area contributed by atoms with Gasteiger partial charge < -0.3 is 15.0 Å². The van der Waals surface area contributed by atoms with Crippen LogP contribution in [0, 0.1) is 5.92 Å². The normalized spacial score (nSPS) is 30.1. The number of piperidine rings is 1. The summed E-state index contributed by atoms with van der Waals surface area (Å²) < 4.78 is 5.74. The lowest BCUT2D eigenvalue weighted by atomic mass is 10.0. The number of hydrogen-bond acceptors (Lipinski definition) is 6. The van der Waals surface area contributed by atoms with E-state index in [0.29, 0.717) is 31.5 Å². The average Bonchev–Trinajstić information content (AvgIpc) is 2.83. The number of carbonyl (C=O) groups is 3. The molecule has 5 rings (SSSR count). The molecule has 4 heterocycles. The summed E-state index contributed by atoms with van der Waals surface area (Å²) in [6.07, 6.45) is 0.663. The Morgan fingerprint density at radius 2 is 2.03 bits per heavy atom. The fraction of sp³-hybridized carbons (Fsp3) is 0.571. The molecule has 4 aliphatic heterocycles. The van der Waals surface area contributed by atoms with E-state index in [1.165, 1.54) is 0 Å². The molecule has 3 atom stereocenters. The summed E-state index contributed by atoms with van der Waals surface area (Å²) >= 11 is 0. The van der Waals surface area contributed by atoms with Crippen LogP contribution >= 0.6 is 0 Å². The molecule has 0 aromatic heterocycles. The third kappa shape index (κ3) is 3.56. The average molecular weight is 398 g/mol. The molecule has 0 aliphatic carbocycles. The van der Waals surface area contributed by atoms with Crippen molar-refractivity contribution in [3.63, 3.8) is 0 Å². The summed E-state index contributed by atoms with van der Waals surface area (Å²) in [6.45, 7) is 5.44. The van der Waals surface area contributed by atoms with Gasteiger partial charge in [-0.15, -0.1) is 0 Å². The van der Waals surface area contributed by atoms with Crippen LogP contribution in [-0.2, 0) is 27.4 Å². The largest absolute Gasteiger partial charge is 0.379 e. The van der Waals surface area contributed by atoms with Crippen molar-refractivity contribution in [2.24, 2.45) is 5.92 Å². The molecular weight excluding hydrogens is 372 g/mol. The van der Waals surface area contributed by atoms with Gasteiger partial charge in [-0.3, -0.25) is 24.6 Å². The van der Waals surface area contributed by atoms with Crippen LogP contribution in [0.25, 0.3) is 0 Å². The van der Waals surface area contributed by atoms with Gasteiger partial charge >= 0.3 is 0 Å². The van der Waals surface area contributed by atoms with E-state index in [2.05, 4.69) is 15.5 Å². The van der Waals surface area contributed by atoms with Crippen molar-refractivity contribution in [3.05, 3.63) is 34.9 Å². The van der Waals surface area contributed by atoms with Crippen molar-refractivity contribution in [2.45, 2.75) is 38.0 Å². The van der Waals surface area contributed by atoms with Crippen LogP contribution in [0.2, 0.25) is 0 Å². The molecule has 1 aromatic rings. The van der Waals surface area contributed by atoms with Gasteiger partial charge in [-0.25, -0.2) is 0 Å². The summed E-state index contributed by atoms with van der Waals surface area (Å²) in [5.74, 6) is -0.271. The van der Waals surface area contributed by atoms with E-state index < -0.39 is 6.04 Å². The van der Waals surface area contributed by atoms with Crippen LogP contribution in [0.4, 0.5) is 0 Å². The highest BCUT2D eigenvalue weighted by atomic mass is 16.5.